The van der Waals surface area contributed by atoms with Crippen molar-refractivity contribution >= 4 is 23.4 Å². The van der Waals surface area contributed by atoms with Crippen LogP contribution in [0, 0.1) is 0 Å². The van der Waals surface area contributed by atoms with Gasteiger partial charge in [0.2, 0.25) is 0 Å². The van der Waals surface area contributed by atoms with Crippen LogP contribution in [-0.2, 0) is 5.75 Å². The molecule has 1 aliphatic rings. The number of amides is 1. The second-order valence-electron chi connectivity index (χ2n) is 5.63. The fourth-order valence-electron chi connectivity index (χ4n) is 2.77. The van der Waals surface area contributed by atoms with Gasteiger partial charge in [-0.25, -0.2) is 0 Å². The van der Waals surface area contributed by atoms with E-state index in [1.165, 1.54) is 0 Å². The summed E-state index contributed by atoms with van der Waals surface area (Å²) >= 11 is 1.78. The molecule has 0 spiro atoms. The number of nitrogens with one attached hydrogen (secondary N) is 1. The van der Waals surface area contributed by atoms with Crippen molar-refractivity contribution in [3.05, 3.63) is 59.2 Å². The van der Waals surface area contributed by atoms with Crippen LogP contribution in [0.5, 0.6) is 5.75 Å². The normalized spacial score (nSPS) is 16.2. The summed E-state index contributed by atoms with van der Waals surface area (Å²) in [6.07, 6.45) is 0.0282. The van der Waals surface area contributed by atoms with E-state index in [-0.39, 0.29) is 5.91 Å². The Morgan fingerprint density at radius 3 is 2.96 bits per heavy atom. The molecule has 0 saturated carbocycles. The average molecular weight is 343 g/mol. The lowest BCUT2D eigenvalue weighted by molar-refractivity contribution is 0.102. The first kappa shape index (κ1) is 16.9. The van der Waals surface area contributed by atoms with E-state index in [9.17, 15) is 9.90 Å². The third kappa shape index (κ3) is 3.57. The molecule has 4 nitrogen and oxygen atoms in total. The Balaban J connectivity index is 1.85. The Bertz CT molecular complexity index is 732. The number of para-hydroxylation sites is 1. The van der Waals surface area contributed by atoms with Gasteiger partial charge in [-0.2, -0.15) is 11.8 Å². The average Bonchev–Trinajstić information content (AvgIpc) is 2.61. The maximum atomic E-state index is 12.7. The first-order valence-electron chi connectivity index (χ1n) is 8.11. The molecule has 126 valence electrons. The third-order valence-electron chi connectivity index (χ3n) is 4.01. The number of anilines is 1. The van der Waals surface area contributed by atoms with Crippen LogP contribution in [0.15, 0.2) is 42.5 Å². The van der Waals surface area contributed by atoms with E-state index in [0.29, 0.717) is 30.0 Å². The summed E-state index contributed by atoms with van der Waals surface area (Å²) in [4.78, 5) is 12.7. The number of carbonyl (C=O) groups is 1. The number of benzene rings is 2. The molecule has 0 fully saturated rings. The number of carbonyl (C=O) groups excluding carboxylic acids is 1. The molecule has 0 bridgehead atoms. The van der Waals surface area contributed by atoms with Gasteiger partial charge in [-0.1, -0.05) is 37.3 Å². The van der Waals surface area contributed by atoms with E-state index in [2.05, 4.69) is 12.2 Å². The van der Waals surface area contributed by atoms with Crippen LogP contribution in [-0.4, -0.2) is 23.4 Å². The highest BCUT2D eigenvalue weighted by atomic mass is 32.2. The summed E-state index contributed by atoms with van der Waals surface area (Å²) in [6.45, 7) is 2.55. The van der Waals surface area contributed by atoms with Gasteiger partial charge in [0, 0.05) is 23.3 Å². The van der Waals surface area contributed by atoms with Crippen LogP contribution >= 0.6 is 11.8 Å². The Hall–Kier alpha value is -1.98. The summed E-state index contributed by atoms with van der Waals surface area (Å²) in [6, 6.07) is 13.1. The molecule has 0 radical (unpaired) electrons. The zero-order valence-electron chi connectivity index (χ0n) is 13.6. The largest absolute Gasteiger partial charge is 0.491 e. The summed E-state index contributed by atoms with van der Waals surface area (Å²) in [5.41, 5.74) is 3.03. The molecule has 2 aromatic carbocycles. The fraction of sp³-hybridized carbons (Fsp3) is 0.316. The Morgan fingerprint density at radius 2 is 2.12 bits per heavy atom. The number of thioether (sulfide) groups is 1. The highest BCUT2D eigenvalue weighted by molar-refractivity contribution is 7.98. The molecule has 1 aliphatic heterocycles. The fourth-order valence-corrected chi connectivity index (χ4v) is 3.45. The van der Waals surface area contributed by atoms with E-state index < -0.39 is 6.10 Å². The molecule has 1 unspecified atom stereocenters. The van der Waals surface area contributed by atoms with Gasteiger partial charge >= 0.3 is 0 Å². The lowest BCUT2D eigenvalue weighted by atomic mass is 10.0. The lowest BCUT2D eigenvalue weighted by Gasteiger charge is -2.24. The zero-order valence-corrected chi connectivity index (χ0v) is 14.4. The summed E-state index contributed by atoms with van der Waals surface area (Å²) < 4.78 is 5.68. The van der Waals surface area contributed by atoms with Crippen molar-refractivity contribution in [1.29, 1.82) is 0 Å². The van der Waals surface area contributed by atoms with Gasteiger partial charge < -0.3 is 15.2 Å². The third-order valence-corrected chi connectivity index (χ3v) is 4.94. The molecule has 1 amide bonds. The van der Waals surface area contributed by atoms with Gasteiger partial charge in [-0.3, -0.25) is 4.79 Å². The van der Waals surface area contributed by atoms with E-state index in [0.717, 1.165) is 22.6 Å². The van der Waals surface area contributed by atoms with Gasteiger partial charge in [0.25, 0.3) is 5.91 Å². The summed E-state index contributed by atoms with van der Waals surface area (Å²) in [7, 11) is 0. The van der Waals surface area contributed by atoms with Crippen LogP contribution in [0.3, 0.4) is 0 Å². The Morgan fingerprint density at radius 1 is 1.29 bits per heavy atom. The van der Waals surface area contributed by atoms with Crippen molar-refractivity contribution in [2.75, 3.05) is 17.7 Å². The second-order valence-corrected chi connectivity index (χ2v) is 6.90. The predicted octanol–water partition coefficient (Wildman–Crippen LogP) is 4.01. The van der Waals surface area contributed by atoms with Crippen molar-refractivity contribution in [2.45, 2.75) is 25.2 Å². The van der Waals surface area contributed by atoms with Crippen LogP contribution in [0.2, 0.25) is 0 Å². The number of aliphatic hydroxyl groups excluding tert-OH is 1. The van der Waals surface area contributed by atoms with E-state index >= 15 is 0 Å². The predicted molar refractivity (Wildman–Crippen MR) is 97.7 cm³/mol. The molecular formula is C19H21NO3S. The topological polar surface area (TPSA) is 58.6 Å². The Kier molecular flexibility index (Phi) is 5.43. The summed E-state index contributed by atoms with van der Waals surface area (Å²) in [5.74, 6) is 2.24. The number of hydrogen-bond donors (Lipinski definition) is 2. The monoisotopic (exact) mass is 343 g/mol. The SMILES string of the molecule is CCSCc1ccccc1C(=O)Nc1cccc2c1OCCC2O. The van der Waals surface area contributed by atoms with Crippen molar-refractivity contribution in [2.24, 2.45) is 0 Å². The van der Waals surface area contributed by atoms with Gasteiger partial charge in [0.05, 0.1) is 18.4 Å². The summed E-state index contributed by atoms with van der Waals surface area (Å²) in [5, 5.41) is 13.0. The van der Waals surface area contributed by atoms with Gasteiger partial charge in [0.1, 0.15) is 5.75 Å². The molecule has 2 N–H and O–H groups in total. The van der Waals surface area contributed by atoms with Gasteiger partial charge in [0.15, 0.2) is 0 Å². The second kappa shape index (κ2) is 7.73. The number of hydrogen-bond acceptors (Lipinski definition) is 4. The van der Waals surface area contributed by atoms with Crippen molar-refractivity contribution in [3.8, 4) is 5.75 Å². The molecule has 24 heavy (non-hydrogen) atoms. The first-order chi connectivity index (χ1) is 11.7. The molecule has 5 heteroatoms. The first-order valence-corrected chi connectivity index (χ1v) is 9.27. The van der Waals surface area contributed by atoms with Gasteiger partial charge in [-0.15, -0.1) is 0 Å². The maximum Gasteiger partial charge on any atom is 0.256 e. The number of fused-ring (bicyclic) bond motifs is 1. The maximum absolute atomic E-state index is 12.7. The zero-order chi connectivity index (χ0) is 16.9. The van der Waals surface area contributed by atoms with Crippen LogP contribution in [0.25, 0.3) is 0 Å². The molecule has 1 heterocycles. The van der Waals surface area contributed by atoms with Crippen molar-refractivity contribution in [1.82, 2.24) is 0 Å². The minimum Gasteiger partial charge on any atom is -0.491 e. The molecule has 0 aliphatic carbocycles. The quantitative estimate of drug-likeness (QED) is 0.861. The number of ether oxygens (including phenoxy) is 1. The molecule has 3 rings (SSSR count). The standard InChI is InChI=1S/C19H21NO3S/c1-2-24-12-13-6-3-4-7-14(13)19(22)20-16-9-5-8-15-17(21)10-11-23-18(15)16/h3-9,17,21H,2,10-12H2,1H3,(H,20,22). The molecule has 0 saturated heterocycles. The minimum atomic E-state index is -0.543. The van der Waals surface area contributed by atoms with Crippen molar-refractivity contribution in [3.63, 3.8) is 0 Å². The molecular weight excluding hydrogens is 322 g/mol. The van der Waals surface area contributed by atoms with E-state index in [1.807, 2.05) is 36.4 Å². The van der Waals surface area contributed by atoms with Gasteiger partial charge in [-0.05, 0) is 23.4 Å². The highest BCUT2D eigenvalue weighted by Gasteiger charge is 2.23. The highest BCUT2D eigenvalue weighted by Crippen LogP contribution is 2.38. The van der Waals surface area contributed by atoms with Crippen molar-refractivity contribution < 1.29 is 14.6 Å². The lowest BCUT2D eigenvalue weighted by Crippen LogP contribution is -2.19. The number of aliphatic hydroxyl groups is 1. The molecule has 2 aromatic rings. The van der Waals surface area contributed by atoms with Crippen LogP contribution in [0.1, 0.15) is 40.9 Å². The van der Waals surface area contributed by atoms with Crippen LogP contribution < -0.4 is 10.1 Å². The minimum absolute atomic E-state index is 0.153. The Labute approximate surface area is 146 Å². The van der Waals surface area contributed by atoms with E-state index in [4.69, 9.17) is 4.74 Å². The van der Waals surface area contributed by atoms with E-state index in [1.54, 1.807) is 17.8 Å². The molecule has 1 atom stereocenters. The number of rotatable bonds is 5. The van der Waals surface area contributed by atoms with Crippen LogP contribution in [0.4, 0.5) is 5.69 Å². The molecule has 0 aromatic heterocycles. The smallest absolute Gasteiger partial charge is 0.256 e.